The molecule has 12 heteroatoms. The molecule has 0 fully saturated rings. The summed E-state index contributed by atoms with van der Waals surface area (Å²) in [6, 6.07) is 6.24. The Balaban J connectivity index is 1.85. The summed E-state index contributed by atoms with van der Waals surface area (Å²) in [5.41, 5.74) is -1.19. The minimum Gasteiger partial charge on any atom is -0.382 e. The van der Waals surface area contributed by atoms with Gasteiger partial charge in [0.15, 0.2) is 0 Å². The molecule has 0 bridgehead atoms. The fraction of sp³-hybridized carbons (Fsp3) is 0.320. The van der Waals surface area contributed by atoms with E-state index in [1.807, 2.05) is 6.92 Å². The van der Waals surface area contributed by atoms with Crippen LogP contribution in [0.3, 0.4) is 0 Å². The van der Waals surface area contributed by atoms with Crippen molar-refractivity contribution in [1.29, 1.82) is 5.26 Å². The van der Waals surface area contributed by atoms with E-state index in [-0.39, 0.29) is 23.0 Å². The molecule has 37 heavy (non-hydrogen) atoms. The van der Waals surface area contributed by atoms with Gasteiger partial charge in [-0.1, -0.05) is 6.92 Å². The van der Waals surface area contributed by atoms with Crippen LogP contribution in [0.4, 0.5) is 32.0 Å². The Hall–Kier alpha value is -3.17. The van der Waals surface area contributed by atoms with E-state index in [2.05, 4.69) is 36.5 Å². The molecular weight excluding hydrogens is 564 g/mol. The minimum absolute atomic E-state index is 0.0637. The molecule has 0 spiro atoms. The van der Waals surface area contributed by atoms with Crippen molar-refractivity contribution >= 4 is 21.6 Å². The van der Waals surface area contributed by atoms with Crippen molar-refractivity contribution in [3.8, 4) is 6.07 Å². The zero-order valence-corrected chi connectivity index (χ0v) is 20.8. The number of alkyl halides is 6. The molecule has 0 radical (unpaired) electrons. The predicted octanol–water partition coefficient (Wildman–Crippen LogP) is 7.16. The quantitative estimate of drug-likeness (QED) is 0.312. The number of hydrogen-bond donors (Lipinski definition) is 2. The van der Waals surface area contributed by atoms with Crippen molar-refractivity contribution in [1.82, 2.24) is 15.3 Å². The van der Waals surface area contributed by atoms with Gasteiger partial charge in [0.05, 0.1) is 33.3 Å². The lowest BCUT2D eigenvalue weighted by Crippen LogP contribution is -2.37. The summed E-state index contributed by atoms with van der Waals surface area (Å²) >= 11 is 3.22. The second kappa shape index (κ2) is 10.3. The van der Waals surface area contributed by atoms with Crippen molar-refractivity contribution in [2.75, 3.05) is 5.32 Å². The number of benzene rings is 2. The lowest BCUT2D eigenvalue weighted by Gasteiger charge is -2.36. The van der Waals surface area contributed by atoms with Crippen LogP contribution in [-0.2, 0) is 12.4 Å². The molecule has 0 aliphatic carbocycles. The van der Waals surface area contributed by atoms with Crippen molar-refractivity contribution in [3.05, 3.63) is 86.9 Å². The highest BCUT2D eigenvalue weighted by atomic mass is 79.9. The molecule has 0 saturated heterocycles. The van der Waals surface area contributed by atoms with E-state index in [0.717, 1.165) is 24.3 Å². The van der Waals surface area contributed by atoms with Crippen LogP contribution in [0.2, 0.25) is 0 Å². The third-order valence-electron chi connectivity index (χ3n) is 6.14. The van der Waals surface area contributed by atoms with E-state index in [9.17, 15) is 31.6 Å². The number of fused-ring (bicyclic) bond motifs is 1. The van der Waals surface area contributed by atoms with Crippen LogP contribution >= 0.6 is 15.9 Å². The largest absolute Gasteiger partial charge is 0.416 e. The third kappa shape index (κ3) is 6.05. The van der Waals surface area contributed by atoms with Crippen molar-refractivity contribution in [2.24, 2.45) is 0 Å². The number of hydrogen-bond acceptors (Lipinski definition) is 5. The van der Waals surface area contributed by atoms with Crippen LogP contribution in [-0.4, -0.2) is 16.0 Å². The Morgan fingerprint density at radius 1 is 1.05 bits per heavy atom. The highest BCUT2D eigenvalue weighted by molar-refractivity contribution is 9.10. The van der Waals surface area contributed by atoms with Crippen LogP contribution in [0.15, 0.2) is 53.3 Å². The number of nitrogens with zero attached hydrogens (tertiary/aromatic N) is 3. The monoisotopic (exact) mass is 583 g/mol. The molecule has 2 aromatic carbocycles. The van der Waals surface area contributed by atoms with Crippen LogP contribution in [0.25, 0.3) is 0 Å². The third-order valence-corrected chi connectivity index (χ3v) is 6.55. The van der Waals surface area contributed by atoms with Gasteiger partial charge in [0.25, 0.3) is 0 Å². The van der Waals surface area contributed by atoms with Gasteiger partial charge in [-0.25, -0.2) is 9.97 Å². The van der Waals surface area contributed by atoms with E-state index in [1.165, 1.54) is 24.5 Å². The molecular formula is C25H20BrF6N5. The number of nitriles is 1. The molecule has 2 N–H and O–H groups in total. The molecule has 0 amide bonds. The highest BCUT2D eigenvalue weighted by Crippen LogP contribution is 2.40. The number of rotatable bonds is 5. The first-order valence-corrected chi connectivity index (χ1v) is 12.0. The minimum atomic E-state index is -4.72. The SMILES string of the molecule is CC[C@@H]1C[C@H](NC(c2cc(C#N)cc(C(F)(F)F)c2)c2ncc(Br)cn2)c2cc(C(F)(F)F)ccc2N1. The molecule has 1 aliphatic rings. The zero-order chi connectivity index (χ0) is 27.0. The van der Waals surface area contributed by atoms with E-state index < -0.39 is 35.6 Å². The van der Waals surface area contributed by atoms with Gasteiger partial charge in [0, 0.05) is 30.2 Å². The molecule has 2 heterocycles. The van der Waals surface area contributed by atoms with Crippen molar-refractivity contribution in [2.45, 2.75) is 50.2 Å². The van der Waals surface area contributed by atoms with Crippen LogP contribution in [0.5, 0.6) is 0 Å². The molecule has 1 aliphatic heterocycles. The topological polar surface area (TPSA) is 73.6 Å². The zero-order valence-electron chi connectivity index (χ0n) is 19.3. The average Bonchev–Trinajstić information content (AvgIpc) is 2.85. The Bertz CT molecular complexity index is 1320. The summed E-state index contributed by atoms with van der Waals surface area (Å²) in [7, 11) is 0. The molecule has 4 rings (SSSR count). The maximum atomic E-state index is 13.6. The maximum Gasteiger partial charge on any atom is 0.416 e. The Kier molecular flexibility index (Phi) is 7.48. The molecule has 3 atom stereocenters. The maximum absolute atomic E-state index is 13.6. The summed E-state index contributed by atoms with van der Waals surface area (Å²) in [6.45, 7) is 1.92. The van der Waals surface area contributed by atoms with Gasteiger partial charge in [-0.2, -0.15) is 31.6 Å². The molecule has 5 nitrogen and oxygen atoms in total. The summed E-state index contributed by atoms with van der Waals surface area (Å²) in [6.07, 6.45) is -5.42. The van der Waals surface area contributed by atoms with E-state index >= 15 is 0 Å². The highest BCUT2D eigenvalue weighted by Gasteiger charge is 2.36. The fourth-order valence-electron chi connectivity index (χ4n) is 4.31. The number of anilines is 1. The molecule has 194 valence electrons. The van der Waals surface area contributed by atoms with Gasteiger partial charge in [-0.3, -0.25) is 5.32 Å². The standard InChI is InChI=1S/C25H20BrF6N5/c1-2-18-9-21(19-8-15(24(27,28)29)3-4-20(19)36-18)37-22(23-34-11-17(26)12-35-23)14-5-13(10-33)6-16(7-14)25(30,31)32/h3-8,11-12,18,21-22,36-37H,2,9H2,1H3/t18-,21+,22?/m1/s1. The van der Waals surface area contributed by atoms with E-state index in [4.69, 9.17) is 0 Å². The molecule has 3 aromatic rings. The van der Waals surface area contributed by atoms with Gasteiger partial charge >= 0.3 is 12.4 Å². The Labute approximate surface area is 217 Å². The first-order valence-electron chi connectivity index (χ1n) is 11.2. The fourth-order valence-corrected chi connectivity index (χ4v) is 4.52. The predicted molar refractivity (Wildman–Crippen MR) is 127 cm³/mol. The lowest BCUT2D eigenvalue weighted by atomic mass is 9.89. The van der Waals surface area contributed by atoms with Crippen LogP contribution in [0, 0.1) is 11.3 Å². The second-order valence-electron chi connectivity index (χ2n) is 8.65. The van der Waals surface area contributed by atoms with Gasteiger partial charge in [-0.15, -0.1) is 0 Å². The lowest BCUT2D eigenvalue weighted by molar-refractivity contribution is -0.138. The number of aromatic nitrogens is 2. The van der Waals surface area contributed by atoms with E-state index in [1.54, 1.807) is 6.07 Å². The summed E-state index contributed by atoms with van der Waals surface area (Å²) in [5.74, 6) is 0.103. The van der Waals surface area contributed by atoms with Crippen LogP contribution in [0.1, 0.15) is 65.5 Å². The van der Waals surface area contributed by atoms with Gasteiger partial charge in [0.2, 0.25) is 0 Å². The number of nitrogens with one attached hydrogen (secondary N) is 2. The summed E-state index contributed by atoms with van der Waals surface area (Å²) in [4.78, 5) is 8.48. The Morgan fingerprint density at radius 3 is 2.32 bits per heavy atom. The first kappa shape index (κ1) is 26.9. The normalized spacial score (nSPS) is 18.5. The average molecular weight is 584 g/mol. The Morgan fingerprint density at radius 2 is 1.73 bits per heavy atom. The van der Waals surface area contributed by atoms with Crippen LogP contribution < -0.4 is 10.6 Å². The summed E-state index contributed by atoms with van der Waals surface area (Å²) < 4.78 is 81.9. The second-order valence-corrected chi connectivity index (χ2v) is 9.57. The van der Waals surface area contributed by atoms with Gasteiger partial charge < -0.3 is 5.32 Å². The summed E-state index contributed by atoms with van der Waals surface area (Å²) in [5, 5.41) is 15.8. The van der Waals surface area contributed by atoms with Gasteiger partial charge in [0.1, 0.15) is 5.82 Å². The first-order chi connectivity index (χ1) is 17.4. The van der Waals surface area contributed by atoms with E-state index in [0.29, 0.717) is 28.6 Å². The molecule has 1 unspecified atom stereocenters. The van der Waals surface area contributed by atoms with Crippen molar-refractivity contribution in [3.63, 3.8) is 0 Å². The number of halogens is 7. The van der Waals surface area contributed by atoms with Gasteiger partial charge in [-0.05, 0) is 76.3 Å². The smallest absolute Gasteiger partial charge is 0.382 e. The van der Waals surface area contributed by atoms with Crippen molar-refractivity contribution < 1.29 is 26.3 Å². The molecule has 1 aromatic heterocycles. The molecule has 0 saturated carbocycles.